The van der Waals surface area contributed by atoms with Crippen molar-refractivity contribution in [3.8, 4) is 0 Å². The Hall–Kier alpha value is -1.74. The van der Waals surface area contributed by atoms with E-state index < -0.39 is 30.5 Å². The van der Waals surface area contributed by atoms with Gasteiger partial charge in [-0.05, 0) is 6.92 Å². The Morgan fingerprint density at radius 1 is 1.43 bits per heavy atom. The second kappa shape index (κ2) is 4.92. The maximum Gasteiger partial charge on any atom is 0.194 e. The van der Waals surface area contributed by atoms with Gasteiger partial charge in [-0.15, -0.1) is 0 Å². The predicted octanol–water partition coefficient (Wildman–Crippen LogP) is -0.191. The van der Waals surface area contributed by atoms with Gasteiger partial charge < -0.3 is 29.8 Å². The van der Waals surface area contributed by atoms with Crippen molar-refractivity contribution in [2.24, 2.45) is 0 Å². The van der Waals surface area contributed by atoms with Crippen LogP contribution in [0.2, 0.25) is 0 Å². The Morgan fingerprint density at radius 3 is 2.81 bits per heavy atom. The molecule has 8 nitrogen and oxygen atoms in total. The largest absolute Gasteiger partial charge is 0.459 e. The van der Waals surface area contributed by atoms with E-state index in [1.165, 1.54) is 13.2 Å². The Balaban J connectivity index is 2.07. The molecular formula is C13H17N3O5. The van der Waals surface area contributed by atoms with E-state index in [2.05, 4.69) is 15.3 Å². The number of fused-ring (bicyclic) bond motifs is 1. The summed E-state index contributed by atoms with van der Waals surface area (Å²) in [6.45, 7) is 1.03. The third kappa shape index (κ3) is 2.07. The van der Waals surface area contributed by atoms with Crippen LogP contribution in [0.5, 0.6) is 0 Å². The molecule has 1 aliphatic heterocycles. The summed E-state index contributed by atoms with van der Waals surface area (Å²) < 4.78 is 10.8. The molecule has 1 saturated heterocycles. The lowest BCUT2D eigenvalue weighted by atomic mass is 9.92. The first-order valence-corrected chi connectivity index (χ1v) is 6.58. The number of hydrogen-bond donors (Lipinski definition) is 4. The van der Waals surface area contributed by atoms with Crippen LogP contribution < -0.4 is 5.32 Å². The molecule has 1 unspecified atom stereocenters. The zero-order chi connectivity index (χ0) is 15.2. The number of furan rings is 1. The van der Waals surface area contributed by atoms with E-state index in [1.807, 2.05) is 0 Å². The number of nitrogens with zero attached hydrogens (tertiary/aromatic N) is 2. The van der Waals surface area contributed by atoms with Gasteiger partial charge in [0.15, 0.2) is 17.2 Å². The van der Waals surface area contributed by atoms with Crippen LogP contribution >= 0.6 is 0 Å². The topological polar surface area (TPSA) is 121 Å². The van der Waals surface area contributed by atoms with Crippen molar-refractivity contribution in [3.05, 3.63) is 18.2 Å². The van der Waals surface area contributed by atoms with Gasteiger partial charge in [0.25, 0.3) is 0 Å². The second-order valence-electron chi connectivity index (χ2n) is 5.22. The predicted molar refractivity (Wildman–Crippen MR) is 72.7 cm³/mol. The monoisotopic (exact) mass is 295 g/mol. The molecule has 0 bridgehead atoms. The summed E-state index contributed by atoms with van der Waals surface area (Å²) in [7, 11) is 1.69. The number of aliphatic hydroxyl groups excluding tert-OH is 2. The molecule has 8 heteroatoms. The van der Waals surface area contributed by atoms with Crippen LogP contribution in [0.1, 0.15) is 18.9 Å². The summed E-state index contributed by atoms with van der Waals surface area (Å²) in [6, 6.07) is 1.67. The molecule has 0 aromatic carbocycles. The second-order valence-corrected chi connectivity index (χ2v) is 5.22. The number of anilines is 1. The van der Waals surface area contributed by atoms with E-state index in [4.69, 9.17) is 9.15 Å². The highest BCUT2D eigenvalue weighted by molar-refractivity contribution is 5.83. The van der Waals surface area contributed by atoms with E-state index in [0.29, 0.717) is 16.9 Å². The molecule has 4 N–H and O–H groups in total. The van der Waals surface area contributed by atoms with Crippen molar-refractivity contribution in [1.29, 1.82) is 0 Å². The number of rotatable bonds is 3. The van der Waals surface area contributed by atoms with Gasteiger partial charge in [-0.2, -0.15) is 0 Å². The molecule has 2 aromatic rings. The van der Waals surface area contributed by atoms with Crippen LogP contribution in [-0.2, 0) is 4.74 Å². The SMILES string of the molecule is CNc1nc(C2O[C@H](CO)[C@@H](O)[C@@]2(C)O)nc2ccoc12. The zero-order valence-corrected chi connectivity index (χ0v) is 11.6. The van der Waals surface area contributed by atoms with Crippen molar-refractivity contribution >= 4 is 16.9 Å². The minimum Gasteiger partial charge on any atom is -0.459 e. The van der Waals surface area contributed by atoms with Crippen LogP contribution in [0, 0.1) is 0 Å². The van der Waals surface area contributed by atoms with Crippen molar-refractivity contribution in [2.75, 3.05) is 19.0 Å². The van der Waals surface area contributed by atoms with E-state index in [0.717, 1.165) is 0 Å². The molecule has 114 valence electrons. The third-order valence-corrected chi connectivity index (χ3v) is 3.76. The first kappa shape index (κ1) is 14.2. The molecular weight excluding hydrogens is 278 g/mol. The average molecular weight is 295 g/mol. The zero-order valence-electron chi connectivity index (χ0n) is 11.6. The van der Waals surface area contributed by atoms with E-state index in [1.54, 1.807) is 13.1 Å². The molecule has 0 spiro atoms. The van der Waals surface area contributed by atoms with Gasteiger partial charge in [0.1, 0.15) is 29.4 Å². The van der Waals surface area contributed by atoms with Crippen molar-refractivity contribution in [1.82, 2.24) is 9.97 Å². The lowest BCUT2D eigenvalue weighted by Crippen LogP contribution is -2.43. The molecule has 0 aliphatic carbocycles. The lowest BCUT2D eigenvalue weighted by molar-refractivity contribution is -0.0673. The number of aliphatic hydroxyl groups is 3. The van der Waals surface area contributed by atoms with Crippen molar-refractivity contribution in [2.45, 2.75) is 30.8 Å². The first-order valence-electron chi connectivity index (χ1n) is 6.58. The van der Waals surface area contributed by atoms with Gasteiger partial charge in [-0.25, -0.2) is 9.97 Å². The van der Waals surface area contributed by atoms with Gasteiger partial charge in [-0.3, -0.25) is 0 Å². The smallest absolute Gasteiger partial charge is 0.194 e. The van der Waals surface area contributed by atoms with Crippen LogP contribution in [0.25, 0.3) is 11.1 Å². The number of nitrogens with one attached hydrogen (secondary N) is 1. The highest BCUT2D eigenvalue weighted by Crippen LogP contribution is 2.41. The fourth-order valence-corrected chi connectivity index (χ4v) is 2.55. The molecule has 0 saturated carbocycles. The minimum atomic E-state index is -1.60. The summed E-state index contributed by atoms with van der Waals surface area (Å²) in [4.78, 5) is 8.58. The summed E-state index contributed by atoms with van der Waals surface area (Å²) >= 11 is 0. The highest BCUT2D eigenvalue weighted by atomic mass is 16.6. The van der Waals surface area contributed by atoms with Crippen LogP contribution in [0.4, 0.5) is 5.82 Å². The average Bonchev–Trinajstić information content (AvgIpc) is 3.02. The van der Waals surface area contributed by atoms with Crippen LogP contribution in [-0.4, -0.2) is 56.8 Å². The summed E-state index contributed by atoms with van der Waals surface area (Å²) in [6.07, 6.45) is -1.57. The third-order valence-electron chi connectivity index (χ3n) is 3.76. The molecule has 3 heterocycles. The first-order chi connectivity index (χ1) is 9.98. The molecule has 0 radical (unpaired) electrons. The fourth-order valence-electron chi connectivity index (χ4n) is 2.55. The molecule has 2 aromatic heterocycles. The van der Waals surface area contributed by atoms with Crippen LogP contribution in [0.15, 0.2) is 16.7 Å². The Kier molecular flexibility index (Phi) is 3.33. The maximum absolute atomic E-state index is 10.5. The standard InChI is InChI=1S/C13H17N3O5/c1-13(19)9(18)7(5-17)21-10(13)12-15-6-3-4-20-8(6)11(14-2)16-12/h3-4,7,9-10,17-19H,5H2,1-2H3,(H,14,15,16)/t7-,9-,10?,13-/m1/s1. The van der Waals surface area contributed by atoms with Gasteiger partial charge in [0, 0.05) is 13.1 Å². The Labute approximate surface area is 120 Å². The molecule has 4 atom stereocenters. The van der Waals surface area contributed by atoms with Crippen molar-refractivity contribution in [3.63, 3.8) is 0 Å². The van der Waals surface area contributed by atoms with Gasteiger partial charge in [0.05, 0.1) is 12.9 Å². The number of ether oxygens (including phenoxy) is 1. The number of aromatic nitrogens is 2. The lowest BCUT2D eigenvalue weighted by Gasteiger charge is -2.25. The molecule has 21 heavy (non-hydrogen) atoms. The van der Waals surface area contributed by atoms with E-state index >= 15 is 0 Å². The Bertz CT molecular complexity index is 656. The fraction of sp³-hybridized carbons (Fsp3) is 0.538. The van der Waals surface area contributed by atoms with Gasteiger partial charge in [0.2, 0.25) is 0 Å². The van der Waals surface area contributed by atoms with Crippen molar-refractivity contribution < 1.29 is 24.5 Å². The van der Waals surface area contributed by atoms with Gasteiger partial charge >= 0.3 is 0 Å². The Morgan fingerprint density at radius 2 is 2.19 bits per heavy atom. The van der Waals surface area contributed by atoms with E-state index in [-0.39, 0.29) is 5.82 Å². The summed E-state index contributed by atoms with van der Waals surface area (Å²) in [5.41, 5.74) is -0.542. The highest BCUT2D eigenvalue weighted by Gasteiger charge is 2.53. The summed E-state index contributed by atoms with van der Waals surface area (Å²) in [5.74, 6) is 0.676. The normalized spacial score (nSPS) is 32.7. The number of hydrogen-bond acceptors (Lipinski definition) is 8. The molecule has 3 rings (SSSR count). The summed E-state index contributed by atoms with van der Waals surface area (Å²) in [5, 5.41) is 32.6. The van der Waals surface area contributed by atoms with E-state index in [9.17, 15) is 15.3 Å². The molecule has 1 aliphatic rings. The molecule has 0 amide bonds. The maximum atomic E-state index is 10.5. The van der Waals surface area contributed by atoms with Crippen LogP contribution in [0.3, 0.4) is 0 Å². The molecule has 1 fully saturated rings. The minimum absolute atomic E-state index is 0.216. The van der Waals surface area contributed by atoms with Gasteiger partial charge in [-0.1, -0.05) is 0 Å². The quantitative estimate of drug-likeness (QED) is 0.615.